The lowest BCUT2D eigenvalue weighted by molar-refractivity contribution is 0.275. The van der Waals surface area contributed by atoms with Crippen molar-refractivity contribution in [3.05, 3.63) is 30.2 Å². The highest BCUT2D eigenvalue weighted by Crippen LogP contribution is 2.24. The van der Waals surface area contributed by atoms with Gasteiger partial charge in [-0.1, -0.05) is 13.3 Å². The Balaban J connectivity index is 0.00000288. The zero-order valence-corrected chi connectivity index (χ0v) is 14.6. The molecule has 0 aliphatic heterocycles. The molecule has 2 aromatic heterocycles. The molecular weight excluding hydrogens is 328 g/mol. The smallest absolute Gasteiger partial charge is 0.222 e. The maximum Gasteiger partial charge on any atom is 0.222 e. The number of aromatic nitrogens is 4. The highest BCUT2D eigenvalue weighted by Gasteiger charge is 2.13. The summed E-state index contributed by atoms with van der Waals surface area (Å²) in [5, 5.41) is 20.2. The van der Waals surface area contributed by atoms with E-state index in [1.54, 1.807) is 12.3 Å². The van der Waals surface area contributed by atoms with Crippen LogP contribution >= 0.6 is 13.5 Å². The Bertz CT molecular complexity index is 596. The quantitative estimate of drug-likeness (QED) is 0.621. The molecule has 0 spiro atoms. The largest absolute Gasteiger partial charge is 0.482 e. The van der Waals surface area contributed by atoms with Crippen molar-refractivity contribution in [2.24, 2.45) is 0 Å². The van der Waals surface area contributed by atoms with Gasteiger partial charge in [0, 0.05) is 18.8 Å². The number of nitrogens with one attached hydrogen (secondary N) is 1. The molecule has 9 heteroatoms. The van der Waals surface area contributed by atoms with Crippen LogP contribution in [0.25, 0.3) is 0 Å². The third-order valence-corrected chi connectivity index (χ3v) is 3.23. The van der Waals surface area contributed by atoms with E-state index in [2.05, 4.69) is 32.4 Å². The van der Waals surface area contributed by atoms with Gasteiger partial charge in [0.2, 0.25) is 5.95 Å². The van der Waals surface area contributed by atoms with Gasteiger partial charge in [-0.15, -0.1) is 0 Å². The Morgan fingerprint density at radius 3 is 2.88 bits per heavy atom. The van der Waals surface area contributed by atoms with Gasteiger partial charge in [0.05, 0.1) is 6.20 Å². The lowest BCUT2D eigenvalue weighted by Crippen LogP contribution is -2.22. The molecule has 2 rings (SSSR count). The number of ether oxygens (including phenoxy) is 1. The summed E-state index contributed by atoms with van der Waals surface area (Å²) >= 11 is 0. The molecule has 0 aliphatic carbocycles. The van der Waals surface area contributed by atoms with Gasteiger partial charge in [0.25, 0.3) is 0 Å². The summed E-state index contributed by atoms with van der Waals surface area (Å²) in [6, 6.07) is 3.71. The van der Waals surface area contributed by atoms with Gasteiger partial charge >= 0.3 is 0 Å². The Hall–Kier alpha value is -2.13. The fraction of sp³-hybridized carbons (Fsp3) is 0.467. The van der Waals surface area contributed by atoms with E-state index in [4.69, 9.17) is 10.5 Å². The van der Waals surface area contributed by atoms with Crippen molar-refractivity contribution in [3.8, 4) is 5.75 Å². The van der Waals surface area contributed by atoms with E-state index in [9.17, 15) is 5.11 Å². The Labute approximate surface area is 148 Å². The molecule has 2 aromatic rings. The van der Waals surface area contributed by atoms with Gasteiger partial charge in [-0.3, -0.25) is 0 Å². The number of hydrogen-bond acceptors (Lipinski definition) is 8. The summed E-state index contributed by atoms with van der Waals surface area (Å²) in [4.78, 5) is 8.17. The van der Waals surface area contributed by atoms with Crippen LogP contribution in [-0.4, -0.2) is 37.9 Å². The summed E-state index contributed by atoms with van der Waals surface area (Å²) < 4.78 is 5.73. The molecule has 0 saturated heterocycles. The predicted octanol–water partition coefficient (Wildman–Crippen LogP) is 1.50. The van der Waals surface area contributed by atoms with Gasteiger partial charge in [0.1, 0.15) is 12.3 Å². The number of hydrogen-bond donors (Lipinski definition) is 3. The average molecular weight is 352 g/mol. The Morgan fingerprint density at radius 1 is 1.38 bits per heavy atom. The molecule has 0 aromatic carbocycles. The van der Waals surface area contributed by atoms with Gasteiger partial charge in [-0.05, 0) is 25.0 Å². The van der Waals surface area contributed by atoms with E-state index in [1.165, 1.54) is 6.20 Å². The summed E-state index contributed by atoms with van der Waals surface area (Å²) in [6.07, 6.45) is 5.67. The van der Waals surface area contributed by atoms with Crippen LogP contribution < -0.4 is 15.8 Å². The number of aliphatic hydroxyl groups is 1. The monoisotopic (exact) mass is 352 g/mol. The van der Waals surface area contributed by atoms with Crippen LogP contribution in [0, 0.1) is 0 Å². The van der Waals surface area contributed by atoms with Gasteiger partial charge in [-0.2, -0.15) is 28.7 Å². The van der Waals surface area contributed by atoms with Gasteiger partial charge in [-0.25, -0.2) is 4.98 Å². The van der Waals surface area contributed by atoms with Crippen molar-refractivity contribution in [2.45, 2.75) is 38.8 Å². The molecule has 0 amide bonds. The van der Waals surface area contributed by atoms with Gasteiger partial charge in [0.15, 0.2) is 11.6 Å². The minimum absolute atomic E-state index is 0. The van der Waals surface area contributed by atoms with Crippen molar-refractivity contribution in [2.75, 3.05) is 17.7 Å². The number of nitrogens with two attached hydrogens (primary N) is 1. The first kappa shape index (κ1) is 19.9. The predicted molar refractivity (Wildman–Crippen MR) is 97.2 cm³/mol. The minimum atomic E-state index is 0. The second-order valence-electron chi connectivity index (χ2n) is 5.09. The fourth-order valence-electron chi connectivity index (χ4n) is 2.14. The van der Waals surface area contributed by atoms with Crippen LogP contribution in [-0.2, 0) is 6.61 Å². The van der Waals surface area contributed by atoms with E-state index >= 15 is 0 Å². The van der Waals surface area contributed by atoms with Crippen LogP contribution in [0.2, 0.25) is 0 Å². The van der Waals surface area contributed by atoms with Crippen molar-refractivity contribution < 1.29 is 9.84 Å². The lowest BCUT2D eigenvalue weighted by Gasteiger charge is -2.19. The third kappa shape index (κ3) is 6.17. The van der Waals surface area contributed by atoms with Gasteiger partial charge < -0.3 is 20.9 Å². The first-order valence-electron chi connectivity index (χ1n) is 7.62. The molecule has 0 bridgehead atoms. The molecule has 0 fully saturated rings. The topological polar surface area (TPSA) is 119 Å². The molecule has 132 valence electrons. The number of nitrogen functional groups attached to an aromatic ring is 1. The van der Waals surface area contributed by atoms with Crippen molar-refractivity contribution in [3.63, 3.8) is 0 Å². The van der Waals surface area contributed by atoms with E-state index in [0.29, 0.717) is 23.7 Å². The Kier molecular flexibility index (Phi) is 8.80. The van der Waals surface area contributed by atoms with E-state index < -0.39 is 0 Å². The first-order chi connectivity index (χ1) is 11.2. The molecule has 4 N–H and O–H groups in total. The van der Waals surface area contributed by atoms with Crippen LogP contribution in [0.3, 0.4) is 0 Å². The normalized spacial score (nSPS) is 11.4. The molecule has 24 heavy (non-hydrogen) atoms. The second-order valence-corrected chi connectivity index (χ2v) is 5.09. The molecule has 0 saturated carbocycles. The summed E-state index contributed by atoms with van der Waals surface area (Å²) in [5.74, 6) is 1.18. The first-order valence-corrected chi connectivity index (χ1v) is 7.62. The molecule has 0 unspecified atom stereocenters. The maximum absolute atomic E-state index is 9.17. The lowest BCUT2D eigenvalue weighted by atomic mass is 10.1. The van der Waals surface area contributed by atoms with Crippen LogP contribution in [0.1, 0.15) is 31.9 Å². The van der Waals surface area contributed by atoms with Crippen LogP contribution in [0.4, 0.5) is 11.8 Å². The summed E-state index contributed by atoms with van der Waals surface area (Å²) in [7, 11) is 0. The van der Waals surface area contributed by atoms with Crippen LogP contribution in [0.15, 0.2) is 24.5 Å². The number of anilines is 2. The molecule has 1 atom stereocenters. The van der Waals surface area contributed by atoms with Crippen LogP contribution in [0.5, 0.6) is 5.75 Å². The molecular formula is C15H24N6O2S. The summed E-state index contributed by atoms with van der Waals surface area (Å²) in [5.41, 5.74) is 6.37. The van der Waals surface area contributed by atoms with E-state index in [1.807, 2.05) is 6.07 Å². The Morgan fingerprint density at radius 2 is 2.21 bits per heavy atom. The molecule has 2 heterocycles. The van der Waals surface area contributed by atoms with Crippen molar-refractivity contribution in [1.29, 1.82) is 0 Å². The van der Waals surface area contributed by atoms with E-state index in [0.717, 1.165) is 12.8 Å². The highest BCUT2D eigenvalue weighted by molar-refractivity contribution is 7.59. The third-order valence-electron chi connectivity index (χ3n) is 3.23. The minimum Gasteiger partial charge on any atom is -0.482 e. The molecule has 8 nitrogen and oxygen atoms in total. The molecule has 0 radical (unpaired) electrons. The maximum atomic E-state index is 9.17. The second kappa shape index (κ2) is 10.6. The number of aliphatic hydroxyl groups excluding tert-OH is 1. The van der Waals surface area contributed by atoms with Crippen molar-refractivity contribution >= 4 is 25.3 Å². The molecule has 0 aliphatic rings. The standard InChI is InChI=1S/C15H22N6O2.H2S/c1-2-4-11(6-8-22)19-14-13(9-17-15(16)20-14)23-10-12-5-3-7-18-21-12;/h3,5,7,9,11,22H,2,4,6,8,10H2,1H3,(H3,16,17,19,20);1H2/t11-;/m0./s1. The zero-order chi connectivity index (χ0) is 16.5. The fourth-order valence-corrected chi connectivity index (χ4v) is 2.14. The SMILES string of the molecule is CCC[C@@H](CCO)Nc1nc(N)ncc1OCc1cccnn1.S. The highest BCUT2D eigenvalue weighted by atomic mass is 32.1. The number of nitrogens with zero attached hydrogens (tertiary/aromatic N) is 4. The van der Waals surface area contributed by atoms with Crippen molar-refractivity contribution in [1.82, 2.24) is 20.2 Å². The van der Waals surface area contributed by atoms with E-state index in [-0.39, 0.29) is 38.7 Å². The average Bonchev–Trinajstić information content (AvgIpc) is 2.55. The summed E-state index contributed by atoms with van der Waals surface area (Å²) in [6.45, 7) is 2.45. The zero-order valence-electron chi connectivity index (χ0n) is 13.6. The number of rotatable bonds is 9.